The maximum absolute atomic E-state index is 12.5. The first-order valence-electron chi connectivity index (χ1n) is 7.81. The van der Waals surface area contributed by atoms with E-state index in [9.17, 15) is 4.79 Å². The lowest BCUT2D eigenvalue weighted by molar-refractivity contribution is -0.122. The molecule has 3 aromatic rings. The van der Waals surface area contributed by atoms with Gasteiger partial charge in [0.1, 0.15) is 18.2 Å². The maximum atomic E-state index is 12.5. The van der Waals surface area contributed by atoms with Crippen LogP contribution in [0.3, 0.4) is 0 Å². The molecular weight excluding hydrogens is 290 g/mol. The van der Waals surface area contributed by atoms with Crippen LogP contribution < -0.4 is 5.32 Å². The highest BCUT2D eigenvalue weighted by molar-refractivity contribution is 5.81. The predicted molar refractivity (Wildman–Crippen MR) is 89.0 cm³/mol. The van der Waals surface area contributed by atoms with E-state index in [1.807, 2.05) is 49.6 Å². The van der Waals surface area contributed by atoms with Crippen molar-refractivity contribution in [3.63, 3.8) is 0 Å². The molecule has 0 aliphatic heterocycles. The van der Waals surface area contributed by atoms with Gasteiger partial charge in [0, 0.05) is 11.9 Å². The molecule has 6 nitrogen and oxygen atoms in total. The molecule has 0 bridgehead atoms. The van der Waals surface area contributed by atoms with Gasteiger partial charge in [-0.2, -0.15) is 0 Å². The minimum atomic E-state index is -0.105. The number of nitrogens with one attached hydrogen (secondary N) is 2. The van der Waals surface area contributed by atoms with E-state index in [0.29, 0.717) is 0 Å². The molecule has 2 N–H and O–H groups in total. The van der Waals surface area contributed by atoms with Crippen LogP contribution in [0, 0.1) is 13.8 Å². The van der Waals surface area contributed by atoms with Crippen molar-refractivity contribution >= 4 is 16.9 Å². The van der Waals surface area contributed by atoms with Gasteiger partial charge in [0.15, 0.2) is 0 Å². The van der Waals surface area contributed by atoms with Gasteiger partial charge in [-0.1, -0.05) is 19.1 Å². The highest BCUT2D eigenvalue weighted by Crippen LogP contribution is 2.16. The summed E-state index contributed by atoms with van der Waals surface area (Å²) in [4.78, 5) is 24.4. The molecule has 1 amide bonds. The maximum Gasteiger partial charge on any atom is 0.240 e. The van der Waals surface area contributed by atoms with Crippen molar-refractivity contribution in [3.8, 4) is 0 Å². The van der Waals surface area contributed by atoms with Crippen LogP contribution in [-0.4, -0.2) is 25.4 Å². The third-order valence-corrected chi connectivity index (χ3v) is 3.94. The Bertz CT molecular complexity index is 832. The number of aryl methyl sites for hydroxylation is 2. The molecule has 0 radical (unpaired) electrons. The van der Waals surface area contributed by atoms with Crippen molar-refractivity contribution in [2.24, 2.45) is 0 Å². The van der Waals surface area contributed by atoms with Gasteiger partial charge in [0.05, 0.1) is 17.1 Å². The largest absolute Gasteiger partial charge is 0.345 e. The molecule has 120 valence electrons. The molecule has 3 rings (SSSR count). The molecule has 0 spiro atoms. The second-order valence-corrected chi connectivity index (χ2v) is 5.71. The van der Waals surface area contributed by atoms with Crippen LogP contribution in [0.25, 0.3) is 11.0 Å². The average Bonchev–Trinajstić information content (AvgIpc) is 3.09. The summed E-state index contributed by atoms with van der Waals surface area (Å²) in [5.74, 6) is 1.59. The first-order chi connectivity index (χ1) is 11.1. The van der Waals surface area contributed by atoms with E-state index in [0.717, 1.165) is 34.8 Å². The number of para-hydroxylation sites is 2. The van der Waals surface area contributed by atoms with Crippen LogP contribution in [0.4, 0.5) is 0 Å². The molecule has 2 heterocycles. The van der Waals surface area contributed by atoms with Gasteiger partial charge < -0.3 is 14.9 Å². The van der Waals surface area contributed by atoms with E-state index in [1.165, 1.54) is 0 Å². The molecule has 0 unspecified atom stereocenters. The highest BCUT2D eigenvalue weighted by atomic mass is 16.2. The zero-order valence-corrected chi connectivity index (χ0v) is 13.6. The average molecular weight is 311 g/mol. The van der Waals surface area contributed by atoms with Gasteiger partial charge >= 0.3 is 0 Å². The number of fused-ring (bicyclic) bond motifs is 1. The fraction of sp³-hybridized carbons (Fsp3) is 0.353. The Morgan fingerprint density at radius 1 is 1.35 bits per heavy atom. The van der Waals surface area contributed by atoms with E-state index in [1.54, 1.807) is 6.20 Å². The first-order valence-corrected chi connectivity index (χ1v) is 7.81. The molecule has 23 heavy (non-hydrogen) atoms. The van der Waals surface area contributed by atoms with Gasteiger partial charge in [-0.3, -0.25) is 4.79 Å². The van der Waals surface area contributed by atoms with Gasteiger partial charge in [-0.25, -0.2) is 9.97 Å². The van der Waals surface area contributed by atoms with Gasteiger partial charge in [-0.05, 0) is 32.4 Å². The summed E-state index contributed by atoms with van der Waals surface area (Å²) in [5.41, 5.74) is 2.87. The van der Waals surface area contributed by atoms with Crippen LogP contribution in [0.15, 0.2) is 30.5 Å². The molecule has 6 heteroatoms. The van der Waals surface area contributed by atoms with Crippen LogP contribution in [0.5, 0.6) is 0 Å². The molecule has 0 aliphatic carbocycles. The SMILES string of the molecule is CC[C@H](NC(=O)Cn1c(C)nc2ccccc21)c1ncc(C)[nH]1. The van der Waals surface area contributed by atoms with E-state index >= 15 is 0 Å². The zero-order valence-electron chi connectivity index (χ0n) is 13.6. The summed E-state index contributed by atoms with van der Waals surface area (Å²) in [6.45, 7) is 6.15. The molecule has 0 fully saturated rings. The van der Waals surface area contributed by atoms with Crippen LogP contribution in [0.1, 0.15) is 36.7 Å². The summed E-state index contributed by atoms with van der Waals surface area (Å²) in [5, 5.41) is 3.05. The van der Waals surface area contributed by atoms with Crippen LogP contribution >= 0.6 is 0 Å². The number of nitrogens with zero attached hydrogens (tertiary/aromatic N) is 3. The minimum Gasteiger partial charge on any atom is -0.345 e. The topological polar surface area (TPSA) is 75.6 Å². The van der Waals surface area contributed by atoms with Crippen molar-refractivity contribution in [3.05, 3.63) is 47.8 Å². The third-order valence-electron chi connectivity index (χ3n) is 3.94. The number of hydrogen-bond donors (Lipinski definition) is 2. The molecular formula is C17H21N5O. The summed E-state index contributed by atoms with van der Waals surface area (Å²) in [7, 11) is 0. The molecule has 0 saturated carbocycles. The summed E-state index contributed by atoms with van der Waals surface area (Å²) in [6, 6.07) is 7.74. The Labute approximate surface area is 135 Å². The van der Waals surface area contributed by atoms with Crippen molar-refractivity contribution < 1.29 is 4.79 Å². The van der Waals surface area contributed by atoms with Gasteiger partial charge in [0.25, 0.3) is 0 Å². The van der Waals surface area contributed by atoms with E-state index in [-0.39, 0.29) is 18.5 Å². The molecule has 0 saturated heterocycles. The third kappa shape index (κ3) is 3.11. The molecule has 2 aromatic heterocycles. The smallest absolute Gasteiger partial charge is 0.240 e. The lowest BCUT2D eigenvalue weighted by Gasteiger charge is -2.15. The molecule has 1 atom stereocenters. The van der Waals surface area contributed by atoms with Gasteiger partial charge in [0.2, 0.25) is 5.91 Å². The number of H-pyrrole nitrogens is 1. The number of imidazole rings is 2. The van der Waals surface area contributed by atoms with Crippen molar-refractivity contribution in [1.82, 2.24) is 24.8 Å². The standard InChI is InChI=1S/C17H21N5O/c1-4-13(17-18-9-11(2)19-17)21-16(23)10-22-12(3)20-14-7-5-6-8-15(14)22/h5-9,13H,4,10H2,1-3H3,(H,18,19)(H,21,23)/t13-/m0/s1. The van der Waals surface area contributed by atoms with Crippen LogP contribution in [-0.2, 0) is 11.3 Å². The highest BCUT2D eigenvalue weighted by Gasteiger charge is 2.17. The monoisotopic (exact) mass is 311 g/mol. The Balaban J connectivity index is 1.77. The minimum absolute atomic E-state index is 0.0443. The lowest BCUT2D eigenvalue weighted by Crippen LogP contribution is -2.32. The Kier molecular flexibility index (Phi) is 4.14. The van der Waals surface area contributed by atoms with E-state index in [2.05, 4.69) is 20.3 Å². The Morgan fingerprint density at radius 2 is 2.13 bits per heavy atom. The number of rotatable bonds is 5. The Hall–Kier alpha value is -2.63. The fourth-order valence-corrected chi connectivity index (χ4v) is 2.75. The number of aromatic nitrogens is 4. The van der Waals surface area contributed by atoms with Crippen molar-refractivity contribution in [2.45, 2.75) is 39.8 Å². The Morgan fingerprint density at radius 3 is 2.83 bits per heavy atom. The van der Waals surface area contributed by atoms with Crippen molar-refractivity contribution in [1.29, 1.82) is 0 Å². The predicted octanol–water partition coefficient (Wildman–Crippen LogP) is 2.64. The fourth-order valence-electron chi connectivity index (χ4n) is 2.75. The van der Waals surface area contributed by atoms with Gasteiger partial charge in [-0.15, -0.1) is 0 Å². The number of benzene rings is 1. The van der Waals surface area contributed by atoms with E-state index in [4.69, 9.17) is 0 Å². The lowest BCUT2D eigenvalue weighted by atomic mass is 10.2. The second kappa shape index (κ2) is 6.24. The summed E-state index contributed by atoms with van der Waals surface area (Å²) in [6.07, 6.45) is 2.56. The second-order valence-electron chi connectivity index (χ2n) is 5.71. The number of aromatic amines is 1. The van der Waals surface area contributed by atoms with Crippen molar-refractivity contribution in [2.75, 3.05) is 0 Å². The number of carbonyl (C=O) groups is 1. The normalized spacial score (nSPS) is 12.5. The number of hydrogen-bond acceptors (Lipinski definition) is 3. The molecule has 1 aromatic carbocycles. The molecule has 0 aliphatic rings. The first kappa shape index (κ1) is 15.3. The van der Waals surface area contributed by atoms with Crippen LogP contribution in [0.2, 0.25) is 0 Å². The number of carbonyl (C=O) groups excluding carboxylic acids is 1. The zero-order chi connectivity index (χ0) is 16.4. The number of amides is 1. The summed E-state index contributed by atoms with van der Waals surface area (Å²) < 4.78 is 1.94. The quantitative estimate of drug-likeness (QED) is 0.760. The summed E-state index contributed by atoms with van der Waals surface area (Å²) >= 11 is 0. The van der Waals surface area contributed by atoms with E-state index < -0.39 is 0 Å².